The quantitative estimate of drug-likeness (QED) is 0.328. The van der Waals surface area contributed by atoms with Gasteiger partial charge >= 0.3 is 12.1 Å². The molecule has 6 rings (SSSR count). The molecule has 2 aliphatic rings. The molecule has 1 fully saturated rings. The smallest absolute Gasteiger partial charge is 0.452 e. The Hall–Kier alpha value is -4.04. The maximum atomic E-state index is 13.8. The Balaban J connectivity index is 1.40. The molecule has 1 aliphatic carbocycles. The SMILES string of the molecule is Cc1ccc2c(n1)OC1(CC1)CN(Cc1cc(C(CC(=O)O)c3ccn4c(C(F)(F)F)nnc4c3C)ccc1C)S2(=O)=O. The first kappa shape index (κ1) is 29.1. The van der Waals surface area contributed by atoms with Gasteiger partial charge in [-0.3, -0.25) is 9.20 Å². The molecule has 4 heterocycles. The number of sulfonamides is 1. The van der Waals surface area contributed by atoms with Gasteiger partial charge in [0, 0.05) is 24.4 Å². The Labute approximate surface area is 245 Å². The predicted octanol–water partition coefficient (Wildman–Crippen LogP) is 4.79. The Morgan fingerprint density at radius 1 is 1.12 bits per heavy atom. The number of carboxylic acids is 1. The number of fused-ring (bicyclic) bond motifs is 2. The van der Waals surface area contributed by atoms with Crippen LogP contribution in [0.2, 0.25) is 0 Å². The third kappa shape index (κ3) is 5.22. The number of hydrogen-bond acceptors (Lipinski definition) is 7. The van der Waals surface area contributed by atoms with E-state index < -0.39 is 39.5 Å². The number of ether oxygens (including phenoxy) is 1. The van der Waals surface area contributed by atoms with Crippen molar-refractivity contribution in [1.82, 2.24) is 23.9 Å². The van der Waals surface area contributed by atoms with Gasteiger partial charge in [-0.1, -0.05) is 18.2 Å². The van der Waals surface area contributed by atoms with Crippen molar-refractivity contribution in [3.8, 4) is 5.88 Å². The molecule has 0 amide bonds. The molecule has 0 saturated heterocycles. The number of alkyl halides is 3. The lowest BCUT2D eigenvalue weighted by molar-refractivity contribution is -0.145. The van der Waals surface area contributed by atoms with E-state index in [-0.39, 0.29) is 35.9 Å². The van der Waals surface area contributed by atoms with E-state index in [9.17, 15) is 31.5 Å². The third-order valence-corrected chi connectivity index (χ3v) is 9.97. The molecule has 3 aromatic heterocycles. The van der Waals surface area contributed by atoms with Crippen LogP contribution in [0.4, 0.5) is 13.2 Å². The van der Waals surface area contributed by atoms with Gasteiger partial charge in [-0.05, 0) is 79.6 Å². The van der Waals surface area contributed by atoms with Crippen LogP contribution in [0.15, 0.2) is 47.5 Å². The summed E-state index contributed by atoms with van der Waals surface area (Å²) in [5.74, 6) is -2.93. The van der Waals surface area contributed by atoms with E-state index in [0.717, 1.165) is 9.96 Å². The number of pyridine rings is 2. The summed E-state index contributed by atoms with van der Waals surface area (Å²) in [7, 11) is -3.99. The maximum Gasteiger partial charge on any atom is 0.452 e. The molecule has 0 radical (unpaired) electrons. The second-order valence-corrected chi connectivity index (χ2v) is 13.2. The highest BCUT2D eigenvalue weighted by Crippen LogP contribution is 2.46. The number of nitrogens with zero attached hydrogens (tertiary/aromatic N) is 5. The number of benzene rings is 1. The Kier molecular flexibility index (Phi) is 6.77. The molecule has 4 aromatic rings. The number of aliphatic carboxylic acids is 1. The molecule has 10 nitrogen and oxygen atoms in total. The van der Waals surface area contributed by atoms with E-state index in [0.29, 0.717) is 40.8 Å². The minimum Gasteiger partial charge on any atom is -0.481 e. The highest BCUT2D eigenvalue weighted by atomic mass is 32.2. The summed E-state index contributed by atoms with van der Waals surface area (Å²) >= 11 is 0. The van der Waals surface area contributed by atoms with Crippen molar-refractivity contribution in [3.05, 3.63) is 81.9 Å². The Morgan fingerprint density at radius 2 is 1.86 bits per heavy atom. The maximum absolute atomic E-state index is 13.8. The van der Waals surface area contributed by atoms with Crippen LogP contribution in [0.1, 0.15) is 64.5 Å². The van der Waals surface area contributed by atoms with E-state index in [1.165, 1.54) is 22.6 Å². The number of aryl methyl sites for hydroxylation is 3. The van der Waals surface area contributed by atoms with Crippen molar-refractivity contribution in [3.63, 3.8) is 0 Å². The van der Waals surface area contributed by atoms with E-state index in [1.807, 2.05) is 6.92 Å². The van der Waals surface area contributed by atoms with Gasteiger partial charge < -0.3 is 9.84 Å². The van der Waals surface area contributed by atoms with Crippen LogP contribution in [0.25, 0.3) is 5.65 Å². The third-order valence-electron chi connectivity index (χ3n) is 8.17. The summed E-state index contributed by atoms with van der Waals surface area (Å²) in [4.78, 5) is 16.3. The minimum absolute atomic E-state index is 0.00472. The van der Waals surface area contributed by atoms with Gasteiger partial charge in [0.15, 0.2) is 5.65 Å². The predicted molar refractivity (Wildman–Crippen MR) is 147 cm³/mol. The van der Waals surface area contributed by atoms with Gasteiger partial charge in [0.05, 0.1) is 13.0 Å². The molecule has 1 N–H and O–H groups in total. The van der Waals surface area contributed by atoms with Crippen molar-refractivity contribution in [2.24, 2.45) is 0 Å². The number of halogens is 3. The molecule has 43 heavy (non-hydrogen) atoms. The summed E-state index contributed by atoms with van der Waals surface area (Å²) in [5, 5.41) is 16.8. The molecule has 1 atom stereocenters. The fourth-order valence-electron chi connectivity index (χ4n) is 5.63. The second-order valence-electron chi connectivity index (χ2n) is 11.3. The number of carbonyl (C=O) groups is 1. The molecule has 1 spiro atoms. The van der Waals surface area contributed by atoms with Gasteiger partial charge in [-0.15, -0.1) is 10.2 Å². The van der Waals surface area contributed by atoms with Crippen molar-refractivity contribution in [2.75, 3.05) is 6.54 Å². The lowest BCUT2D eigenvalue weighted by Gasteiger charge is -2.25. The molecule has 1 aliphatic heterocycles. The van der Waals surface area contributed by atoms with Gasteiger partial charge in [-0.2, -0.15) is 17.5 Å². The summed E-state index contributed by atoms with van der Waals surface area (Å²) in [5.41, 5.74) is 2.83. The zero-order chi connectivity index (χ0) is 30.9. The van der Waals surface area contributed by atoms with Gasteiger partial charge in [0.1, 0.15) is 10.5 Å². The van der Waals surface area contributed by atoms with Gasteiger partial charge in [0.2, 0.25) is 21.7 Å². The molecule has 14 heteroatoms. The van der Waals surface area contributed by atoms with Crippen LogP contribution < -0.4 is 4.74 Å². The van der Waals surface area contributed by atoms with Crippen LogP contribution in [0, 0.1) is 20.8 Å². The average Bonchev–Trinajstić information content (AvgIpc) is 3.52. The van der Waals surface area contributed by atoms with Crippen LogP contribution in [0.3, 0.4) is 0 Å². The Morgan fingerprint density at radius 3 is 2.53 bits per heavy atom. The molecular weight excluding hydrogens is 587 g/mol. The van der Waals surface area contributed by atoms with E-state index in [1.54, 1.807) is 38.1 Å². The largest absolute Gasteiger partial charge is 0.481 e. The highest BCUT2D eigenvalue weighted by Gasteiger charge is 2.52. The summed E-state index contributed by atoms with van der Waals surface area (Å²) in [6, 6.07) is 9.89. The second kappa shape index (κ2) is 10.0. The molecule has 1 unspecified atom stereocenters. The molecule has 1 saturated carbocycles. The first-order chi connectivity index (χ1) is 20.2. The van der Waals surface area contributed by atoms with Crippen LogP contribution in [-0.2, 0) is 27.5 Å². The van der Waals surface area contributed by atoms with Crippen molar-refractivity contribution in [2.45, 2.75) is 69.2 Å². The van der Waals surface area contributed by atoms with Crippen molar-refractivity contribution < 1.29 is 36.2 Å². The summed E-state index contributed by atoms with van der Waals surface area (Å²) in [6.45, 7) is 5.33. The molecule has 226 valence electrons. The highest BCUT2D eigenvalue weighted by molar-refractivity contribution is 7.89. The van der Waals surface area contributed by atoms with E-state index >= 15 is 0 Å². The standard InChI is InChI=1S/C29H28F3N5O5S/c1-16-4-6-19(22(13-24(38)39)21-8-11-37-25(18(21)3)34-35-27(37)29(30,31)32)12-20(16)14-36-15-28(9-10-28)42-26-23(43(36,40)41)7-5-17(2)33-26/h4-8,11-12,22H,9-10,13-15H2,1-3H3,(H,38,39). The first-order valence-electron chi connectivity index (χ1n) is 13.6. The normalized spacial score (nSPS) is 18.2. The first-order valence-corrected chi connectivity index (χ1v) is 15.0. The van der Waals surface area contributed by atoms with E-state index in [2.05, 4.69) is 15.2 Å². The minimum atomic E-state index is -4.72. The zero-order valence-corrected chi connectivity index (χ0v) is 24.3. The van der Waals surface area contributed by atoms with Gasteiger partial charge in [0.25, 0.3) is 0 Å². The Bertz CT molecular complexity index is 1890. The summed E-state index contributed by atoms with van der Waals surface area (Å²) < 4.78 is 76.3. The molecular formula is C29H28F3N5O5S. The molecule has 0 bridgehead atoms. The number of carboxylic acid groups (broad SMARTS) is 1. The number of aromatic nitrogens is 4. The monoisotopic (exact) mass is 615 g/mol. The van der Waals surface area contributed by atoms with Crippen LogP contribution in [-0.4, -0.2) is 55.5 Å². The molecule has 1 aromatic carbocycles. The lowest BCUT2D eigenvalue weighted by Crippen LogP contribution is -2.38. The topological polar surface area (TPSA) is 127 Å². The van der Waals surface area contributed by atoms with Crippen LogP contribution in [0.5, 0.6) is 5.88 Å². The van der Waals surface area contributed by atoms with Crippen molar-refractivity contribution >= 4 is 21.6 Å². The number of rotatable bonds is 6. The lowest BCUT2D eigenvalue weighted by atomic mass is 9.85. The van der Waals surface area contributed by atoms with Gasteiger partial charge in [-0.25, -0.2) is 13.4 Å². The average molecular weight is 616 g/mol. The zero-order valence-electron chi connectivity index (χ0n) is 23.5. The van der Waals surface area contributed by atoms with Crippen molar-refractivity contribution in [1.29, 1.82) is 0 Å². The summed E-state index contributed by atoms with van der Waals surface area (Å²) in [6.07, 6.45) is -2.50. The van der Waals surface area contributed by atoms with E-state index in [4.69, 9.17) is 4.74 Å². The fourth-order valence-corrected chi connectivity index (χ4v) is 7.17. The number of hydrogen-bond donors (Lipinski definition) is 1. The van der Waals surface area contributed by atoms with Crippen LogP contribution >= 0.6 is 0 Å². The fraction of sp³-hybridized carbons (Fsp3) is 0.379.